The summed E-state index contributed by atoms with van der Waals surface area (Å²) in [6, 6.07) is 3.35. The molecule has 0 fully saturated rings. The van der Waals surface area contributed by atoms with E-state index < -0.39 is 5.97 Å². The van der Waals surface area contributed by atoms with Crippen LogP contribution in [0.1, 0.15) is 34.8 Å². The third-order valence-electron chi connectivity index (χ3n) is 3.58. The van der Waals surface area contributed by atoms with Crippen LogP contribution in [-0.4, -0.2) is 22.0 Å². The van der Waals surface area contributed by atoms with Crippen LogP contribution in [-0.2, 0) is 4.74 Å². The molecule has 3 aromatic heterocycles. The van der Waals surface area contributed by atoms with Gasteiger partial charge in [0.1, 0.15) is 16.0 Å². The summed E-state index contributed by atoms with van der Waals surface area (Å²) in [5.41, 5.74) is 1.03. The lowest BCUT2D eigenvalue weighted by Crippen LogP contribution is -2.20. The van der Waals surface area contributed by atoms with Gasteiger partial charge in [0.25, 0.3) is 0 Å². The Balaban J connectivity index is 2.59. The zero-order chi connectivity index (χ0) is 17.3. The maximum Gasteiger partial charge on any atom is 0.345 e. The minimum absolute atomic E-state index is 0.0428. The number of ether oxygens (including phenoxy) is 1. The number of fused-ring (bicyclic) bond motifs is 3. The van der Waals surface area contributed by atoms with Crippen molar-refractivity contribution in [3.05, 3.63) is 57.3 Å². The van der Waals surface area contributed by atoms with Crippen LogP contribution in [0, 0.1) is 0 Å². The first kappa shape index (κ1) is 16.1. The van der Waals surface area contributed by atoms with Crippen molar-refractivity contribution >= 4 is 45.3 Å². The number of esters is 1. The second kappa shape index (κ2) is 6.41. The summed E-state index contributed by atoms with van der Waals surface area (Å²) in [7, 11) is 0. The molecule has 3 aromatic rings. The van der Waals surface area contributed by atoms with E-state index in [9.17, 15) is 9.59 Å². The lowest BCUT2D eigenvalue weighted by Gasteiger charge is -2.08. The van der Waals surface area contributed by atoms with Crippen molar-refractivity contribution in [3.63, 3.8) is 0 Å². The van der Waals surface area contributed by atoms with Crippen LogP contribution < -0.4 is 5.43 Å². The van der Waals surface area contributed by atoms with Crippen LogP contribution in [0.15, 0.2) is 35.8 Å². The van der Waals surface area contributed by atoms with E-state index in [0.29, 0.717) is 15.9 Å². The topological polar surface area (TPSA) is 60.7 Å². The number of nitrogens with zero attached hydrogens (tertiary/aromatic N) is 2. The number of thiazole rings is 1. The number of carbonyl (C=O) groups is 1. The van der Waals surface area contributed by atoms with Gasteiger partial charge in [0.2, 0.25) is 5.43 Å². The van der Waals surface area contributed by atoms with Crippen molar-refractivity contribution in [2.24, 2.45) is 0 Å². The largest absolute Gasteiger partial charge is 0.462 e. The highest BCUT2D eigenvalue weighted by Crippen LogP contribution is 2.30. The van der Waals surface area contributed by atoms with Gasteiger partial charge in [-0.15, -0.1) is 11.3 Å². The molecule has 0 bridgehead atoms. The number of hydrogen-bond acceptors (Lipinski definition) is 5. The van der Waals surface area contributed by atoms with Crippen molar-refractivity contribution in [2.45, 2.75) is 13.8 Å². The molecule has 6 heteroatoms. The fourth-order valence-electron chi connectivity index (χ4n) is 2.62. The zero-order valence-electron chi connectivity index (χ0n) is 13.4. The number of hydrogen-bond donors (Lipinski definition) is 0. The van der Waals surface area contributed by atoms with Crippen LogP contribution in [0.25, 0.3) is 28.0 Å². The number of pyridine rings is 2. The molecule has 24 heavy (non-hydrogen) atoms. The molecule has 0 saturated heterocycles. The first-order chi connectivity index (χ1) is 11.6. The van der Waals surface area contributed by atoms with Crippen LogP contribution in [0.2, 0.25) is 0 Å². The standard InChI is InChI=1S/C18H16N2O3S/c1-4-8-12-13(5-2)24-17-14(18(22)23-6-3)15(21)11-9-7-10-19-16(11)20(12)17/h4-5,7-10H,2,6H2,1,3H3/b8-4-. The predicted molar refractivity (Wildman–Crippen MR) is 97.6 cm³/mol. The van der Waals surface area contributed by atoms with Gasteiger partial charge in [-0.25, -0.2) is 9.78 Å². The predicted octanol–water partition coefficient (Wildman–Crippen LogP) is 3.76. The van der Waals surface area contributed by atoms with Crippen molar-refractivity contribution in [3.8, 4) is 0 Å². The van der Waals surface area contributed by atoms with Crippen molar-refractivity contribution in [1.82, 2.24) is 9.38 Å². The van der Waals surface area contributed by atoms with Gasteiger partial charge in [-0.1, -0.05) is 12.7 Å². The lowest BCUT2D eigenvalue weighted by molar-refractivity contribution is 0.0527. The zero-order valence-corrected chi connectivity index (χ0v) is 14.2. The molecule has 0 aromatic carbocycles. The first-order valence-electron chi connectivity index (χ1n) is 7.52. The molecule has 5 nitrogen and oxygen atoms in total. The van der Waals surface area contributed by atoms with Crippen LogP contribution >= 0.6 is 11.3 Å². The average molecular weight is 340 g/mol. The Bertz CT molecular complexity index is 1040. The van der Waals surface area contributed by atoms with Gasteiger partial charge in [-0.3, -0.25) is 9.20 Å². The molecule has 0 N–H and O–H groups in total. The number of aromatic nitrogens is 2. The quantitative estimate of drug-likeness (QED) is 0.679. The highest BCUT2D eigenvalue weighted by atomic mass is 32.1. The van der Waals surface area contributed by atoms with Gasteiger partial charge < -0.3 is 4.74 Å². The summed E-state index contributed by atoms with van der Waals surface area (Å²) in [6.07, 6.45) is 7.14. The summed E-state index contributed by atoms with van der Waals surface area (Å²) in [4.78, 5) is 31.0. The lowest BCUT2D eigenvalue weighted by atomic mass is 10.2. The molecule has 3 heterocycles. The Labute approximate surface area is 142 Å². The number of rotatable bonds is 4. The van der Waals surface area contributed by atoms with E-state index in [1.165, 1.54) is 11.3 Å². The van der Waals surface area contributed by atoms with E-state index in [4.69, 9.17) is 4.74 Å². The fraction of sp³-hybridized carbons (Fsp3) is 0.167. The van der Waals surface area contributed by atoms with E-state index in [0.717, 1.165) is 10.6 Å². The van der Waals surface area contributed by atoms with Crippen LogP contribution in [0.3, 0.4) is 0 Å². The Hall–Kier alpha value is -2.73. The molecule has 0 radical (unpaired) electrons. The van der Waals surface area contributed by atoms with Gasteiger partial charge in [0.05, 0.1) is 22.6 Å². The molecule has 122 valence electrons. The van der Waals surface area contributed by atoms with E-state index in [1.54, 1.807) is 31.3 Å². The van der Waals surface area contributed by atoms with E-state index in [1.807, 2.05) is 23.5 Å². The number of carbonyl (C=O) groups excluding carboxylic acids is 1. The molecule has 0 aliphatic carbocycles. The molecule has 0 spiro atoms. The van der Waals surface area contributed by atoms with Crippen molar-refractivity contribution in [1.29, 1.82) is 0 Å². The highest BCUT2D eigenvalue weighted by Gasteiger charge is 2.23. The summed E-state index contributed by atoms with van der Waals surface area (Å²) < 4.78 is 6.92. The highest BCUT2D eigenvalue weighted by molar-refractivity contribution is 7.18. The first-order valence-corrected chi connectivity index (χ1v) is 8.34. The molecule has 0 aliphatic rings. The third-order valence-corrected chi connectivity index (χ3v) is 4.75. The summed E-state index contributed by atoms with van der Waals surface area (Å²) >= 11 is 1.33. The molecular formula is C18H16N2O3S. The van der Waals surface area contributed by atoms with Gasteiger partial charge in [-0.05, 0) is 38.1 Å². The van der Waals surface area contributed by atoms with Crippen molar-refractivity contribution in [2.75, 3.05) is 6.61 Å². The van der Waals surface area contributed by atoms with Gasteiger partial charge >= 0.3 is 5.97 Å². The third kappa shape index (κ3) is 2.35. The normalized spacial score (nSPS) is 11.4. The minimum Gasteiger partial charge on any atom is -0.462 e. The van der Waals surface area contributed by atoms with Crippen LogP contribution in [0.5, 0.6) is 0 Å². The molecular weight excluding hydrogens is 324 g/mol. The van der Waals surface area contributed by atoms with Gasteiger partial charge in [0, 0.05) is 6.20 Å². The average Bonchev–Trinajstić information content (AvgIpc) is 2.94. The van der Waals surface area contributed by atoms with Gasteiger partial charge in [0.15, 0.2) is 0 Å². The summed E-state index contributed by atoms with van der Waals surface area (Å²) in [6.45, 7) is 7.65. The molecule has 0 amide bonds. The molecule has 0 aliphatic heterocycles. The Morgan fingerprint density at radius 1 is 1.50 bits per heavy atom. The van der Waals surface area contributed by atoms with Gasteiger partial charge in [-0.2, -0.15) is 0 Å². The van der Waals surface area contributed by atoms with Crippen LogP contribution in [0.4, 0.5) is 0 Å². The second-order valence-corrected chi connectivity index (χ2v) is 6.03. The molecule has 0 saturated carbocycles. The number of allylic oxidation sites excluding steroid dienone is 1. The molecule has 0 atom stereocenters. The van der Waals surface area contributed by atoms with E-state index >= 15 is 0 Å². The van der Waals surface area contributed by atoms with E-state index in [2.05, 4.69) is 11.6 Å². The van der Waals surface area contributed by atoms with Crippen molar-refractivity contribution < 1.29 is 9.53 Å². The maximum atomic E-state index is 12.8. The Kier molecular flexibility index (Phi) is 4.31. The fourth-order valence-corrected chi connectivity index (χ4v) is 3.73. The maximum absolute atomic E-state index is 12.8. The van der Waals surface area contributed by atoms with E-state index in [-0.39, 0.29) is 17.6 Å². The summed E-state index contributed by atoms with van der Waals surface area (Å²) in [5, 5.41) is 0.386. The Morgan fingerprint density at radius 2 is 2.29 bits per heavy atom. The summed E-state index contributed by atoms with van der Waals surface area (Å²) in [5.74, 6) is -0.616. The minimum atomic E-state index is -0.616. The Morgan fingerprint density at radius 3 is 2.96 bits per heavy atom. The smallest absolute Gasteiger partial charge is 0.345 e. The second-order valence-electron chi connectivity index (χ2n) is 5.00. The molecule has 0 unspecified atom stereocenters. The molecule has 3 rings (SSSR count). The monoisotopic (exact) mass is 340 g/mol. The SMILES string of the molecule is C=Cc1sc2c(C(=O)OCC)c(=O)c3cccnc3n2c1/C=C\C.